The lowest BCUT2D eigenvalue weighted by Gasteiger charge is -2.35. The van der Waals surface area contributed by atoms with E-state index >= 15 is 0 Å². The SMILES string of the molecule is CCCCN1CC(C(=O)NC(Cc2cc(F)cc(F)c2)C[C@H]2CN(S(=O)(=O)c3ccccc3Br)CCN2)CC1=O. The summed E-state index contributed by atoms with van der Waals surface area (Å²) in [5.41, 5.74) is 0.378. The first kappa shape index (κ1) is 30.5. The molecule has 40 heavy (non-hydrogen) atoms. The Morgan fingerprint density at radius 1 is 1.18 bits per heavy atom. The van der Waals surface area contributed by atoms with Gasteiger partial charge in [0.2, 0.25) is 21.8 Å². The first-order chi connectivity index (χ1) is 19.1. The fraction of sp³-hybridized carbons (Fsp3) is 0.500. The summed E-state index contributed by atoms with van der Waals surface area (Å²) in [5.74, 6) is -2.28. The van der Waals surface area contributed by atoms with E-state index in [1.165, 1.54) is 16.4 Å². The Bertz CT molecular complexity index is 1310. The van der Waals surface area contributed by atoms with Gasteiger partial charge in [0, 0.05) is 61.8 Å². The van der Waals surface area contributed by atoms with Crippen LogP contribution in [0.25, 0.3) is 0 Å². The highest BCUT2D eigenvalue weighted by Crippen LogP contribution is 2.26. The van der Waals surface area contributed by atoms with Crippen molar-refractivity contribution < 1.29 is 26.8 Å². The number of benzene rings is 2. The number of piperazine rings is 1. The zero-order chi connectivity index (χ0) is 28.9. The second kappa shape index (κ2) is 13.5. The minimum absolute atomic E-state index is 0.0563. The monoisotopic (exact) mass is 640 g/mol. The van der Waals surface area contributed by atoms with Gasteiger partial charge in [0.05, 0.1) is 10.8 Å². The summed E-state index contributed by atoms with van der Waals surface area (Å²) in [6, 6.07) is 9.01. The fourth-order valence-electron chi connectivity index (χ4n) is 5.35. The van der Waals surface area contributed by atoms with E-state index in [4.69, 9.17) is 0 Å². The fourth-order valence-corrected chi connectivity index (χ4v) is 7.80. The Kier molecular flexibility index (Phi) is 10.3. The molecule has 2 aromatic rings. The molecule has 2 aliphatic rings. The van der Waals surface area contributed by atoms with Crippen molar-refractivity contribution >= 4 is 37.8 Å². The number of nitrogens with zero attached hydrogens (tertiary/aromatic N) is 2. The number of sulfonamides is 1. The molecule has 0 bridgehead atoms. The van der Waals surface area contributed by atoms with Gasteiger partial charge in [0.15, 0.2) is 0 Å². The second-order valence-electron chi connectivity index (χ2n) is 10.5. The number of carbonyl (C=O) groups excluding carboxylic acids is 2. The number of amides is 2. The quantitative estimate of drug-likeness (QED) is 0.392. The van der Waals surface area contributed by atoms with Crippen molar-refractivity contribution in [2.75, 3.05) is 32.7 Å². The van der Waals surface area contributed by atoms with Gasteiger partial charge >= 0.3 is 0 Å². The van der Waals surface area contributed by atoms with Crippen molar-refractivity contribution in [1.82, 2.24) is 19.8 Å². The van der Waals surface area contributed by atoms with Crippen LogP contribution in [0.15, 0.2) is 51.8 Å². The summed E-state index contributed by atoms with van der Waals surface area (Å²) in [7, 11) is -3.77. The van der Waals surface area contributed by atoms with Crippen LogP contribution in [-0.2, 0) is 26.0 Å². The lowest BCUT2D eigenvalue weighted by molar-refractivity contribution is -0.129. The van der Waals surface area contributed by atoms with Crippen molar-refractivity contribution in [3.8, 4) is 0 Å². The van der Waals surface area contributed by atoms with E-state index in [2.05, 4.69) is 26.6 Å². The van der Waals surface area contributed by atoms with Crippen molar-refractivity contribution in [2.45, 2.75) is 56.0 Å². The number of likely N-dealkylation sites (tertiary alicyclic amines) is 1. The Hall–Kier alpha value is -2.41. The molecule has 12 heteroatoms. The number of hydrogen-bond acceptors (Lipinski definition) is 5. The van der Waals surface area contributed by atoms with E-state index in [-0.39, 0.29) is 48.7 Å². The second-order valence-corrected chi connectivity index (χ2v) is 13.2. The number of halogens is 3. The Morgan fingerprint density at radius 2 is 1.90 bits per heavy atom. The average molecular weight is 642 g/mol. The Labute approximate surface area is 242 Å². The maximum absolute atomic E-state index is 13.9. The molecule has 2 aliphatic heterocycles. The third-order valence-electron chi connectivity index (χ3n) is 7.36. The molecular formula is C28H35BrF2N4O4S. The van der Waals surface area contributed by atoms with Crippen LogP contribution < -0.4 is 10.6 Å². The number of nitrogens with one attached hydrogen (secondary N) is 2. The van der Waals surface area contributed by atoms with Crippen molar-refractivity contribution in [3.05, 3.63) is 64.1 Å². The molecule has 8 nitrogen and oxygen atoms in total. The molecule has 0 aromatic heterocycles. The van der Waals surface area contributed by atoms with E-state index in [0.717, 1.165) is 18.9 Å². The van der Waals surface area contributed by atoms with Crippen LogP contribution >= 0.6 is 15.9 Å². The highest BCUT2D eigenvalue weighted by molar-refractivity contribution is 9.10. The molecule has 2 aromatic carbocycles. The predicted molar refractivity (Wildman–Crippen MR) is 151 cm³/mol. The van der Waals surface area contributed by atoms with Gasteiger partial charge in [-0.05, 0) is 65.0 Å². The zero-order valence-electron chi connectivity index (χ0n) is 22.4. The molecule has 2 saturated heterocycles. The summed E-state index contributed by atoms with van der Waals surface area (Å²) >= 11 is 3.33. The number of unbranched alkanes of at least 4 members (excludes halogenated alkanes) is 1. The van der Waals surface area contributed by atoms with Crippen LogP contribution in [0.3, 0.4) is 0 Å². The third kappa shape index (κ3) is 7.65. The van der Waals surface area contributed by atoms with E-state index < -0.39 is 33.6 Å². The lowest BCUT2D eigenvalue weighted by atomic mass is 9.97. The first-order valence-electron chi connectivity index (χ1n) is 13.6. The zero-order valence-corrected chi connectivity index (χ0v) is 24.8. The van der Waals surface area contributed by atoms with Gasteiger partial charge < -0.3 is 15.5 Å². The smallest absolute Gasteiger partial charge is 0.244 e. The normalized spacial score (nSPS) is 21.0. The van der Waals surface area contributed by atoms with Gasteiger partial charge in [-0.2, -0.15) is 4.31 Å². The molecule has 2 N–H and O–H groups in total. The van der Waals surface area contributed by atoms with Crippen molar-refractivity contribution in [2.24, 2.45) is 5.92 Å². The van der Waals surface area contributed by atoms with E-state index in [1.807, 2.05) is 6.92 Å². The Balaban J connectivity index is 1.49. The van der Waals surface area contributed by atoms with Crippen LogP contribution in [0, 0.1) is 17.6 Å². The van der Waals surface area contributed by atoms with Crippen LogP contribution in [0.1, 0.15) is 38.2 Å². The van der Waals surface area contributed by atoms with Crippen LogP contribution in [0.4, 0.5) is 8.78 Å². The highest BCUT2D eigenvalue weighted by atomic mass is 79.9. The lowest BCUT2D eigenvalue weighted by Crippen LogP contribution is -2.55. The number of hydrogen-bond donors (Lipinski definition) is 2. The molecule has 218 valence electrons. The molecule has 0 radical (unpaired) electrons. The molecule has 0 spiro atoms. The Morgan fingerprint density at radius 3 is 2.60 bits per heavy atom. The molecule has 4 rings (SSSR count). The van der Waals surface area contributed by atoms with Gasteiger partial charge in [-0.25, -0.2) is 17.2 Å². The predicted octanol–water partition coefficient (Wildman–Crippen LogP) is 3.46. The average Bonchev–Trinajstić information content (AvgIpc) is 3.27. The maximum Gasteiger partial charge on any atom is 0.244 e. The van der Waals surface area contributed by atoms with E-state index in [0.29, 0.717) is 36.1 Å². The number of rotatable bonds is 11. The largest absolute Gasteiger partial charge is 0.353 e. The van der Waals surface area contributed by atoms with Crippen molar-refractivity contribution in [1.29, 1.82) is 0 Å². The summed E-state index contributed by atoms with van der Waals surface area (Å²) in [6.45, 7) is 3.84. The summed E-state index contributed by atoms with van der Waals surface area (Å²) < 4.78 is 56.5. The summed E-state index contributed by atoms with van der Waals surface area (Å²) in [5, 5.41) is 6.33. The number of carbonyl (C=O) groups is 2. The molecule has 3 atom stereocenters. The van der Waals surface area contributed by atoms with Gasteiger partial charge in [-0.3, -0.25) is 9.59 Å². The molecule has 2 fully saturated rings. The van der Waals surface area contributed by atoms with Gasteiger partial charge in [0.25, 0.3) is 0 Å². The molecule has 2 unspecified atom stereocenters. The summed E-state index contributed by atoms with van der Waals surface area (Å²) in [6.07, 6.45) is 2.40. The van der Waals surface area contributed by atoms with Crippen LogP contribution in [0.2, 0.25) is 0 Å². The molecular weight excluding hydrogens is 606 g/mol. The standard InChI is InChI=1S/C28H35BrF2N4O4S/c1-2-3-9-34-17-20(14-27(34)36)28(37)33-23(13-19-11-21(30)15-22(31)12-19)16-24-18-35(10-8-32-24)40(38,39)26-7-5-4-6-25(26)29/h4-7,11-12,15,20,23-24,32H,2-3,8-10,13-14,16-18H2,1H3,(H,33,37)/t20?,23?,24-/m0/s1. The minimum atomic E-state index is -3.77. The van der Waals surface area contributed by atoms with E-state index in [1.54, 1.807) is 29.2 Å². The third-order valence-corrected chi connectivity index (χ3v) is 10.2. The van der Waals surface area contributed by atoms with Gasteiger partial charge in [-0.1, -0.05) is 25.5 Å². The van der Waals surface area contributed by atoms with Gasteiger partial charge in [-0.15, -0.1) is 0 Å². The maximum atomic E-state index is 13.9. The first-order valence-corrected chi connectivity index (χ1v) is 15.8. The molecule has 0 aliphatic carbocycles. The van der Waals surface area contributed by atoms with Crippen LogP contribution in [0.5, 0.6) is 0 Å². The van der Waals surface area contributed by atoms with Gasteiger partial charge in [0.1, 0.15) is 11.6 Å². The van der Waals surface area contributed by atoms with E-state index in [9.17, 15) is 26.8 Å². The molecule has 0 saturated carbocycles. The highest BCUT2D eigenvalue weighted by Gasteiger charge is 2.36. The summed E-state index contributed by atoms with van der Waals surface area (Å²) in [4.78, 5) is 27.6. The van der Waals surface area contributed by atoms with Crippen LogP contribution in [-0.4, -0.2) is 74.2 Å². The minimum Gasteiger partial charge on any atom is -0.353 e. The van der Waals surface area contributed by atoms with Crippen molar-refractivity contribution in [3.63, 3.8) is 0 Å². The molecule has 2 heterocycles. The topological polar surface area (TPSA) is 98.8 Å². The molecule has 2 amide bonds.